The number of thioether (sulfide) groups is 1. The van der Waals surface area contributed by atoms with Gasteiger partial charge in [0.1, 0.15) is 22.9 Å². The first kappa shape index (κ1) is 18.8. The number of hydrogen-bond donors (Lipinski definition) is 1. The summed E-state index contributed by atoms with van der Waals surface area (Å²) in [5.74, 6) is 2.06. The number of furan rings is 1. The number of benzene rings is 1. The number of rotatable bonds is 6. The van der Waals surface area contributed by atoms with Gasteiger partial charge < -0.3 is 4.42 Å². The van der Waals surface area contributed by atoms with Crippen LogP contribution >= 0.6 is 11.8 Å². The lowest BCUT2D eigenvalue weighted by atomic mass is 10.2. The molecule has 2 aliphatic heterocycles. The SMILES string of the molecule is CNS(=O)(=O)c1ccc(-c2ccc(C3=NN=C(SCC4=NC=NC4)C3)o2)cc1. The molecule has 0 atom stereocenters. The van der Waals surface area contributed by atoms with E-state index in [9.17, 15) is 8.42 Å². The first-order chi connectivity index (χ1) is 13.5. The molecule has 0 aliphatic carbocycles. The molecule has 1 aromatic carbocycles. The molecule has 1 aromatic heterocycles. The second-order valence-corrected chi connectivity index (χ2v) is 8.99. The molecule has 0 saturated carbocycles. The monoisotopic (exact) mass is 415 g/mol. The topological polar surface area (TPSA) is 109 Å². The van der Waals surface area contributed by atoms with Crippen LogP contribution in [0.5, 0.6) is 0 Å². The third-order valence-corrected chi connectivity index (χ3v) is 6.68. The maximum absolute atomic E-state index is 11.8. The third kappa shape index (κ3) is 3.98. The van der Waals surface area contributed by atoms with Crippen molar-refractivity contribution in [2.24, 2.45) is 20.2 Å². The number of nitrogens with one attached hydrogen (secondary N) is 1. The average Bonchev–Trinajstić information content (AvgIpc) is 3.47. The van der Waals surface area contributed by atoms with E-state index < -0.39 is 10.0 Å². The van der Waals surface area contributed by atoms with Gasteiger partial charge in [-0.25, -0.2) is 18.1 Å². The maximum atomic E-state index is 11.8. The molecule has 0 radical (unpaired) electrons. The van der Waals surface area contributed by atoms with Crippen molar-refractivity contribution in [2.45, 2.75) is 11.3 Å². The van der Waals surface area contributed by atoms with Crippen molar-refractivity contribution >= 4 is 44.6 Å². The van der Waals surface area contributed by atoms with Crippen LogP contribution in [0.15, 0.2) is 65.9 Å². The average molecular weight is 416 g/mol. The van der Waals surface area contributed by atoms with Gasteiger partial charge in [-0.1, -0.05) is 0 Å². The van der Waals surface area contributed by atoms with Gasteiger partial charge in [0, 0.05) is 17.7 Å². The lowest BCUT2D eigenvalue weighted by Gasteiger charge is -2.03. The smallest absolute Gasteiger partial charge is 0.240 e. The van der Waals surface area contributed by atoms with Gasteiger partial charge in [0.25, 0.3) is 0 Å². The van der Waals surface area contributed by atoms with Gasteiger partial charge in [0.15, 0.2) is 5.76 Å². The van der Waals surface area contributed by atoms with Crippen LogP contribution < -0.4 is 4.72 Å². The Morgan fingerprint density at radius 2 is 1.89 bits per heavy atom. The van der Waals surface area contributed by atoms with Crippen molar-refractivity contribution in [1.29, 1.82) is 0 Å². The highest BCUT2D eigenvalue weighted by Gasteiger charge is 2.19. The Morgan fingerprint density at radius 1 is 1.11 bits per heavy atom. The van der Waals surface area contributed by atoms with Crippen LogP contribution in [0.4, 0.5) is 0 Å². The minimum Gasteiger partial charge on any atom is -0.455 e. The summed E-state index contributed by atoms with van der Waals surface area (Å²) in [7, 11) is -2.07. The summed E-state index contributed by atoms with van der Waals surface area (Å²) in [6.07, 6.45) is 2.20. The van der Waals surface area contributed by atoms with E-state index in [1.54, 1.807) is 42.4 Å². The van der Waals surface area contributed by atoms with Crippen molar-refractivity contribution in [2.75, 3.05) is 19.3 Å². The summed E-state index contributed by atoms with van der Waals surface area (Å²) in [5, 5.41) is 9.37. The Kier molecular flexibility index (Phi) is 5.25. The lowest BCUT2D eigenvalue weighted by molar-refractivity contribution is 0.571. The number of aliphatic imine (C=N–C) groups is 2. The summed E-state index contributed by atoms with van der Waals surface area (Å²) < 4.78 is 31.8. The van der Waals surface area contributed by atoms with Gasteiger partial charge in [-0.15, -0.1) is 16.9 Å². The molecule has 10 heteroatoms. The Morgan fingerprint density at radius 3 is 2.61 bits per heavy atom. The molecule has 0 amide bonds. The van der Waals surface area contributed by atoms with Crippen LogP contribution in [0, 0.1) is 0 Å². The van der Waals surface area contributed by atoms with E-state index in [-0.39, 0.29) is 4.90 Å². The Balaban J connectivity index is 1.40. The molecular formula is C18H17N5O3S2. The van der Waals surface area contributed by atoms with Gasteiger partial charge >= 0.3 is 0 Å². The third-order valence-electron chi connectivity index (χ3n) is 4.21. The zero-order valence-corrected chi connectivity index (χ0v) is 16.6. The van der Waals surface area contributed by atoms with Crippen molar-refractivity contribution in [3.63, 3.8) is 0 Å². The molecule has 1 N–H and O–H groups in total. The fraction of sp³-hybridized carbons (Fsp3) is 0.222. The second kappa shape index (κ2) is 7.82. The Hall–Kier alpha value is -2.56. The van der Waals surface area contributed by atoms with Crippen molar-refractivity contribution in [3.8, 4) is 11.3 Å². The Labute approximate surface area is 166 Å². The fourth-order valence-electron chi connectivity index (χ4n) is 2.67. The normalized spacial score (nSPS) is 16.2. The fourth-order valence-corrected chi connectivity index (χ4v) is 4.24. The van der Waals surface area contributed by atoms with E-state index in [1.165, 1.54) is 7.05 Å². The van der Waals surface area contributed by atoms with E-state index in [2.05, 4.69) is 24.9 Å². The van der Waals surface area contributed by atoms with Crippen LogP contribution in [-0.2, 0) is 10.0 Å². The highest BCUT2D eigenvalue weighted by atomic mass is 32.2. The van der Waals surface area contributed by atoms with E-state index in [1.807, 2.05) is 12.1 Å². The van der Waals surface area contributed by atoms with Crippen molar-refractivity contribution in [1.82, 2.24) is 4.72 Å². The molecule has 3 heterocycles. The molecule has 8 nitrogen and oxygen atoms in total. The van der Waals surface area contributed by atoms with E-state index in [0.717, 1.165) is 27.8 Å². The summed E-state index contributed by atoms with van der Waals surface area (Å²) in [5.41, 5.74) is 2.59. The zero-order valence-electron chi connectivity index (χ0n) is 15.0. The highest BCUT2D eigenvalue weighted by molar-refractivity contribution is 8.14. The molecule has 2 aliphatic rings. The van der Waals surface area contributed by atoms with Crippen molar-refractivity contribution < 1.29 is 12.8 Å². The van der Waals surface area contributed by atoms with Crippen LogP contribution in [0.1, 0.15) is 12.2 Å². The molecule has 0 fully saturated rings. The maximum Gasteiger partial charge on any atom is 0.240 e. The summed E-state index contributed by atoms with van der Waals surface area (Å²) in [4.78, 5) is 8.46. The minimum atomic E-state index is -3.46. The predicted molar refractivity (Wildman–Crippen MR) is 112 cm³/mol. The molecule has 4 rings (SSSR count). The molecule has 0 saturated heterocycles. The van der Waals surface area contributed by atoms with Gasteiger partial charge in [0.05, 0.1) is 17.2 Å². The summed E-state index contributed by atoms with van der Waals surface area (Å²) in [6, 6.07) is 10.2. The lowest BCUT2D eigenvalue weighted by Crippen LogP contribution is -2.18. The van der Waals surface area contributed by atoms with Gasteiger partial charge in [-0.05, 0) is 43.4 Å². The quantitative estimate of drug-likeness (QED) is 0.782. The molecule has 28 heavy (non-hydrogen) atoms. The van der Waals surface area contributed by atoms with Crippen molar-refractivity contribution in [3.05, 3.63) is 42.2 Å². The van der Waals surface area contributed by atoms with Crippen LogP contribution in [0.3, 0.4) is 0 Å². The Bertz CT molecular complexity index is 1110. The molecular weight excluding hydrogens is 398 g/mol. The number of hydrogen-bond acceptors (Lipinski definition) is 8. The highest BCUT2D eigenvalue weighted by Crippen LogP contribution is 2.26. The standard InChI is InChI=1S/C18H17N5O3S2/c1-19-28(24,25)14-4-2-12(3-5-14)16-6-7-17(26-16)15-8-18(23-22-15)27-10-13-9-20-11-21-13/h2-7,11,19H,8-10H2,1H3. The van der Waals surface area contributed by atoms with E-state index in [0.29, 0.717) is 24.5 Å². The van der Waals surface area contributed by atoms with E-state index in [4.69, 9.17) is 4.42 Å². The van der Waals surface area contributed by atoms with Gasteiger partial charge in [-0.3, -0.25) is 4.99 Å². The van der Waals surface area contributed by atoms with Gasteiger partial charge in [-0.2, -0.15) is 5.10 Å². The first-order valence-electron chi connectivity index (χ1n) is 8.49. The predicted octanol–water partition coefficient (Wildman–Crippen LogP) is 2.58. The number of nitrogens with zero attached hydrogens (tertiary/aromatic N) is 4. The zero-order chi connectivity index (χ0) is 19.6. The molecule has 0 unspecified atom stereocenters. The molecule has 144 valence electrons. The van der Waals surface area contributed by atoms with E-state index >= 15 is 0 Å². The summed E-state index contributed by atoms with van der Waals surface area (Å²) in [6.45, 7) is 0.657. The van der Waals surface area contributed by atoms with Crippen LogP contribution in [0.25, 0.3) is 11.3 Å². The van der Waals surface area contributed by atoms with Crippen LogP contribution in [-0.4, -0.2) is 50.6 Å². The minimum absolute atomic E-state index is 0.207. The molecule has 0 bridgehead atoms. The van der Waals surface area contributed by atoms with Crippen LogP contribution in [0.2, 0.25) is 0 Å². The molecule has 0 spiro atoms. The number of sulfonamides is 1. The second-order valence-electron chi connectivity index (χ2n) is 6.05. The van der Waals surface area contributed by atoms with Gasteiger partial charge in [0.2, 0.25) is 10.0 Å². The first-order valence-corrected chi connectivity index (χ1v) is 11.0. The summed E-state index contributed by atoms with van der Waals surface area (Å²) >= 11 is 1.61. The largest absolute Gasteiger partial charge is 0.455 e. The molecule has 2 aromatic rings.